The van der Waals surface area contributed by atoms with Crippen molar-refractivity contribution in [1.82, 2.24) is 15.5 Å². The molecule has 0 saturated carbocycles. The lowest BCUT2D eigenvalue weighted by Gasteiger charge is -2.07. The molecule has 6 nitrogen and oxygen atoms in total. The largest absolute Gasteiger partial charge is 0.463 e. The maximum absolute atomic E-state index is 12.0. The van der Waals surface area contributed by atoms with Crippen LogP contribution in [-0.2, 0) is 6.54 Å². The van der Waals surface area contributed by atoms with E-state index < -0.39 is 0 Å². The second kappa shape index (κ2) is 5.62. The molecule has 0 saturated heterocycles. The van der Waals surface area contributed by atoms with Crippen molar-refractivity contribution < 1.29 is 13.7 Å². The number of pyridine rings is 1. The molecular weight excluding hydrogens is 270 g/mol. The zero-order valence-corrected chi connectivity index (χ0v) is 11.4. The van der Waals surface area contributed by atoms with E-state index >= 15 is 0 Å². The molecule has 0 spiro atoms. The van der Waals surface area contributed by atoms with Gasteiger partial charge in [-0.2, -0.15) is 0 Å². The Hall–Kier alpha value is -2.89. The summed E-state index contributed by atoms with van der Waals surface area (Å²) in [7, 11) is 0. The standard InChI is InChI=1S/C15H13N3O3/c1-10-12(9-18-21-10)15(19)17-8-11-4-2-6-16-14(11)13-5-3-7-20-13/h2-7,9H,8H2,1H3,(H,17,19). The first-order chi connectivity index (χ1) is 10.3. The van der Waals surface area contributed by atoms with Crippen LogP contribution in [0.15, 0.2) is 51.9 Å². The van der Waals surface area contributed by atoms with Crippen LogP contribution in [0.3, 0.4) is 0 Å². The van der Waals surface area contributed by atoms with Crippen molar-refractivity contribution in [2.45, 2.75) is 13.5 Å². The third kappa shape index (κ3) is 2.69. The average Bonchev–Trinajstić information content (AvgIpc) is 3.16. The third-order valence-electron chi connectivity index (χ3n) is 3.08. The lowest BCUT2D eigenvalue weighted by Crippen LogP contribution is -2.23. The number of furan rings is 1. The Labute approximate surface area is 120 Å². The van der Waals surface area contributed by atoms with Crippen molar-refractivity contribution in [2.75, 3.05) is 0 Å². The summed E-state index contributed by atoms with van der Waals surface area (Å²) in [6, 6.07) is 7.34. The average molecular weight is 283 g/mol. The summed E-state index contributed by atoms with van der Waals surface area (Å²) in [5, 5.41) is 6.42. The fourth-order valence-electron chi connectivity index (χ4n) is 2.00. The fraction of sp³-hybridized carbons (Fsp3) is 0.133. The topological polar surface area (TPSA) is 81.2 Å². The van der Waals surface area contributed by atoms with E-state index in [4.69, 9.17) is 8.94 Å². The lowest BCUT2D eigenvalue weighted by molar-refractivity contribution is 0.0949. The van der Waals surface area contributed by atoms with Crippen LogP contribution in [0, 0.1) is 6.92 Å². The molecule has 3 aromatic rings. The first kappa shape index (κ1) is 13.1. The number of aromatic nitrogens is 2. The monoisotopic (exact) mass is 283 g/mol. The van der Waals surface area contributed by atoms with Gasteiger partial charge < -0.3 is 14.3 Å². The minimum Gasteiger partial charge on any atom is -0.463 e. The number of nitrogens with zero attached hydrogens (tertiary/aromatic N) is 2. The molecule has 0 radical (unpaired) electrons. The molecule has 3 aromatic heterocycles. The highest BCUT2D eigenvalue weighted by Gasteiger charge is 2.14. The van der Waals surface area contributed by atoms with Gasteiger partial charge in [0.15, 0.2) is 5.76 Å². The smallest absolute Gasteiger partial charge is 0.256 e. The van der Waals surface area contributed by atoms with Crippen molar-refractivity contribution in [3.8, 4) is 11.5 Å². The van der Waals surface area contributed by atoms with Gasteiger partial charge in [-0.3, -0.25) is 9.78 Å². The van der Waals surface area contributed by atoms with Gasteiger partial charge in [0.05, 0.1) is 12.5 Å². The first-order valence-electron chi connectivity index (χ1n) is 6.43. The molecule has 6 heteroatoms. The maximum atomic E-state index is 12.0. The molecule has 21 heavy (non-hydrogen) atoms. The number of amides is 1. The molecule has 3 heterocycles. The van der Waals surface area contributed by atoms with E-state index in [1.54, 1.807) is 25.5 Å². The summed E-state index contributed by atoms with van der Waals surface area (Å²) in [6.07, 6.45) is 4.68. The molecule has 3 rings (SSSR count). The van der Waals surface area contributed by atoms with Crippen LogP contribution in [0.1, 0.15) is 21.7 Å². The van der Waals surface area contributed by atoms with E-state index in [1.807, 2.05) is 18.2 Å². The van der Waals surface area contributed by atoms with Crippen molar-refractivity contribution >= 4 is 5.91 Å². The Bertz CT molecular complexity index is 747. The van der Waals surface area contributed by atoms with Crippen LogP contribution in [0.5, 0.6) is 0 Å². The fourth-order valence-corrected chi connectivity index (χ4v) is 2.00. The minimum absolute atomic E-state index is 0.233. The number of aryl methyl sites for hydroxylation is 1. The van der Waals surface area contributed by atoms with Gasteiger partial charge >= 0.3 is 0 Å². The minimum atomic E-state index is -0.233. The van der Waals surface area contributed by atoms with Crippen molar-refractivity contribution in [1.29, 1.82) is 0 Å². The van der Waals surface area contributed by atoms with Crippen LogP contribution < -0.4 is 5.32 Å². The number of carbonyl (C=O) groups excluding carboxylic acids is 1. The number of rotatable bonds is 4. The van der Waals surface area contributed by atoms with Crippen LogP contribution in [0.25, 0.3) is 11.5 Å². The molecule has 1 N–H and O–H groups in total. The highest BCUT2D eigenvalue weighted by molar-refractivity contribution is 5.94. The lowest BCUT2D eigenvalue weighted by atomic mass is 10.1. The molecular formula is C15H13N3O3. The van der Waals surface area contributed by atoms with E-state index in [2.05, 4.69) is 15.5 Å². The second-order valence-corrected chi connectivity index (χ2v) is 4.47. The first-order valence-corrected chi connectivity index (χ1v) is 6.43. The van der Waals surface area contributed by atoms with E-state index in [1.165, 1.54) is 6.20 Å². The summed E-state index contributed by atoms with van der Waals surface area (Å²) >= 11 is 0. The zero-order valence-electron chi connectivity index (χ0n) is 11.4. The SMILES string of the molecule is Cc1oncc1C(=O)NCc1cccnc1-c1ccco1. The van der Waals surface area contributed by atoms with Crippen molar-refractivity contribution in [3.05, 3.63) is 59.8 Å². The van der Waals surface area contributed by atoms with E-state index in [0.717, 1.165) is 5.56 Å². The van der Waals surface area contributed by atoms with Gasteiger partial charge in [0, 0.05) is 18.3 Å². The quantitative estimate of drug-likeness (QED) is 0.795. The number of carbonyl (C=O) groups is 1. The Kier molecular flexibility index (Phi) is 3.51. The van der Waals surface area contributed by atoms with Crippen LogP contribution in [-0.4, -0.2) is 16.0 Å². The van der Waals surface area contributed by atoms with Gasteiger partial charge in [-0.25, -0.2) is 0 Å². The van der Waals surface area contributed by atoms with Gasteiger partial charge in [0.2, 0.25) is 0 Å². The number of nitrogens with one attached hydrogen (secondary N) is 1. The number of hydrogen-bond donors (Lipinski definition) is 1. The summed E-state index contributed by atoms with van der Waals surface area (Å²) in [5.41, 5.74) is 2.01. The van der Waals surface area contributed by atoms with Crippen molar-refractivity contribution in [3.63, 3.8) is 0 Å². The Morgan fingerprint density at radius 3 is 2.95 bits per heavy atom. The Balaban J connectivity index is 1.77. The molecule has 0 unspecified atom stereocenters. The second-order valence-electron chi connectivity index (χ2n) is 4.47. The highest BCUT2D eigenvalue weighted by atomic mass is 16.5. The van der Waals surface area contributed by atoms with E-state index in [9.17, 15) is 4.79 Å². The third-order valence-corrected chi connectivity index (χ3v) is 3.08. The molecule has 0 aliphatic rings. The summed E-state index contributed by atoms with van der Waals surface area (Å²) in [6.45, 7) is 2.04. The molecule has 0 fully saturated rings. The Morgan fingerprint density at radius 1 is 1.33 bits per heavy atom. The van der Waals surface area contributed by atoms with E-state index in [-0.39, 0.29) is 5.91 Å². The Morgan fingerprint density at radius 2 is 2.24 bits per heavy atom. The summed E-state index contributed by atoms with van der Waals surface area (Å²) in [4.78, 5) is 16.3. The van der Waals surface area contributed by atoms with E-state index in [0.29, 0.717) is 29.3 Å². The molecule has 0 atom stereocenters. The predicted molar refractivity (Wildman–Crippen MR) is 74.3 cm³/mol. The molecule has 1 amide bonds. The predicted octanol–water partition coefficient (Wildman–Crippen LogP) is 2.57. The number of hydrogen-bond acceptors (Lipinski definition) is 5. The van der Waals surface area contributed by atoms with Gasteiger partial charge in [-0.05, 0) is 25.1 Å². The molecule has 106 valence electrons. The van der Waals surface area contributed by atoms with Crippen molar-refractivity contribution in [2.24, 2.45) is 0 Å². The van der Waals surface area contributed by atoms with Gasteiger partial charge in [-0.1, -0.05) is 11.2 Å². The molecule has 0 aromatic carbocycles. The highest BCUT2D eigenvalue weighted by Crippen LogP contribution is 2.21. The van der Waals surface area contributed by atoms with Crippen LogP contribution in [0.2, 0.25) is 0 Å². The van der Waals surface area contributed by atoms with Crippen LogP contribution >= 0.6 is 0 Å². The van der Waals surface area contributed by atoms with Gasteiger partial charge in [0.25, 0.3) is 5.91 Å². The molecule has 0 bridgehead atoms. The zero-order chi connectivity index (χ0) is 14.7. The molecule has 0 aliphatic carbocycles. The summed E-state index contributed by atoms with van der Waals surface area (Å²) in [5.74, 6) is 0.925. The normalized spacial score (nSPS) is 10.5. The maximum Gasteiger partial charge on any atom is 0.256 e. The van der Waals surface area contributed by atoms with Gasteiger partial charge in [-0.15, -0.1) is 0 Å². The molecule has 0 aliphatic heterocycles. The summed E-state index contributed by atoms with van der Waals surface area (Å²) < 4.78 is 10.2. The van der Waals surface area contributed by atoms with Gasteiger partial charge in [0.1, 0.15) is 17.0 Å². The van der Waals surface area contributed by atoms with Crippen LogP contribution in [0.4, 0.5) is 0 Å².